The Hall–Kier alpha value is -3.32. The molecule has 1 aliphatic rings. The molecule has 3 aromatic rings. The molecule has 0 saturated heterocycles. The lowest BCUT2D eigenvalue weighted by atomic mass is 9.98. The molecule has 0 saturated carbocycles. The Balaban J connectivity index is 1.43. The Bertz CT molecular complexity index is 1100. The van der Waals surface area contributed by atoms with Crippen LogP contribution >= 0.6 is 15.9 Å². The number of rotatable bonds is 6. The molecule has 1 aliphatic carbocycles. The van der Waals surface area contributed by atoms with Crippen LogP contribution in [0, 0.1) is 0 Å². The molecule has 0 aliphatic heterocycles. The van der Waals surface area contributed by atoms with Crippen LogP contribution < -0.4 is 5.32 Å². The van der Waals surface area contributed by atoms with E-state index in [2.05, 4.69) is 21.2 Å². The molecule has 0 radical (unpaired) electrons. The number of aromatic hydroxyl groups is 1. The normalized spacial score (nSPS) is 13.2. The van der Waals surface area contributed by atoms with Gasteiger partial charge >= 0.3 is 12.1 Å². The van der Waals surface area contributed by atoms with E-state index < -0.39 is 18.1 Å². The van der Waals surface area contributed by atoms with Gasteiger partial charge in [0.05, 0.1) is 4.47 Å². The van der Waals surface area contributed by atoms with Crippen LogP contribution in [0.25, 0.3) is 11.1 Å². The summed E-state index contributed by atoms with van der Waals surface area (Å²) in [5.74, 6) is -1.22. The second-order valence-electron chi connectivity index (χ2n) is 7.35. The number of carbonyl (C=O) groups excluding carboxylic acids is 1. The number of hydrogen-bond donors (Lipinski definition) is 3. The first-order valence-corrected chi connectivity index (χ1v) is 10.5. The summed E-state index contributed by atoms with van der Waals surface area (Å²) in [4.78, 5) is 24.1. The molecule has 3 aromatic carbocycles. The number of carbonyl (C=O) groups is 2. The average Bonchev–Trinajstić information content (AvgIpc) is 3.08. The van der Waals surface area contributed by atoms with Gasteiger partial charge in [-0.05, 0) is 55.9 Å². The van der Waals surface area contributed by atoms with Crippen molar-refractivity contribution in [3.05, 3.63) is 87.9 Å². The number of fused-ring (bicyclic) bond motifs is 3. The van der Waals surface area contributed by atoms with Crippen molar-refractivity contribution in [1.29, 1.82) is 0 Å². The summed E-state index contributed by atoms with van der Waals surface area (Å²) in [7, 11) is 0. The van der Waals surface area contributed by atoms with E-state index in [1.165, 1.54) is 6.07 Å². The molecule has 6 nitrogen and oxygen atoms in total. The van der Waals surface area contributed by atoms with Gasteiger partial charge in [-0.3, -0.25) is 0 Å². The predicted octanol–water partition coefficient (Wildman–Crippen LogP) is 4.69. The maximum atomic E-state index is 12.4. The van der Waals surface area contributed by atoms with Crippen molar-refractivity contribution < 1.29 is 24.5 Å². The number of hydrogen-bond acceptors (Lipinski definition) is 4. The largest absolute Gasteiger partial charge is 0.507 e. The lowest BCUT2D eigenvalue weighted by molar-refractivity contribution is -0.139. The zero-order chi connectivity index (χ0) is 22.0. The van der Waals surface area contributed by atoms with Crippen molar-refractivity contribution in [2.24, 2.45) is 0 Å². The lowest BCUT2D eigenvalue weighted by Gasteiger charge is -2.17. The van der Waals surface area contributed by atoms with Crippen LogP contribution in [0.2, 0.25) is 0 Å². The van der Waals surface area contributed by atoms with Crippen LogP contribution in [-0.2, 0) is 16.0 Å². The second-order valence-corrected chi connectivity index (χ2v) is 8.20. The minimum Gasteiger partial charge on any atom is -0.507 e. The first-order chi connectivity index (χ1) is 14.9. The molecule has 31 heavy (non-hydrogen) atoms. The molecular formula is C24H20BrNO5. The van der Waals surface area contributed by atoms with E-state index in [1.807, 2.05) is 48.5 Å². The summed E-state index contributed by atoms with van der Waals surface area (Å²) in [6.07, 6.45) is -0.731. The van der Waals surface area contributed by atoms with Gasteiger partial charge in [0.2, 0.25) is 0 Å². The lowest BCUT2D eigenvalue weighted by Crippen LogP contribution is -2.42. The molecule has 7 heteroatoms. The third-order valence-corrected chi connectivity index (χ3v) is 6.02. The monoisotopic (exact) mass is 481 g/mol. The molecule has 0 bridgehead atoms. The molecule has 0 fully saturated rings. The molecule has 1 atom stereocenters. The predicted molar refractivity (Wildman–Crippen MR) is 119 cm³/mol. The van der Waals surface area contributed by atoms with Gasteiger partial charge < -0.3 is 20.3 Å². The molecule has 4 rings (SSSR count). The first-order valence-electron chi connectivity index (χ1n) is 9.75. The van der Waals surface area contributed by atoms with Gasteiger partial charge in [-0.2, -0.15) is 0 Å². The summed E-state index contributed by atoms with van der Waals surface area (Å²) in [5, 5.41) is 21.5. The van der Waals surface area contributed by atoms with E-state index in [4.69, 9.17) is 4.74 Å². The average molecular weight is 482 g/mol. The number of amides is 1. The van der Waals surface area contributed by atoms with Gasteiger partial charge in [0, 0.05) is 12.3 Å². The van der Waals surface area contributed by atoms with Gasteiger partial charge in [0.15, 0.2) is 0 Å². The fourth-order valence-corrected chi connectivity index (χ4v) is 4.32. The number of alkyl carbamates (subject to hydrolysis) is 1. The SMILES string of the molecule is O=C(NC(Cc1ccc(O)c(Br)c1)C(=O)O)OCC1c2ccccc2-c2ccccc21. The van der Waals surface area contributed by atoms with E-state index in [0.29, 0.717) is 10.0 Å². The molecule has 1 unspecified atom stereocenters. The standard InChI is InChI=1S/C24H20BrNO5/c25-20-11-14(9-10-22(20)27)12-21(23(28)29)26-24(30)31-13-19-17-7-3-1-5-15(17)16-6-2-4-8-18(16)19/h1-11,19,21,27H,12-13H2,(H,26,30)(H,28,29). The minimum atomic E-state index is -1.17. The van der Waals surface area contributed by atoms with Gasteiger partial charge in [-0.1, -0.05) is 54.6 Å². The van der Waals surface area contributed by atoms with E-state index in [9.17, 15) is 19.8 Å². The van der Waals surface area contributed by atoms with Crippen molar-refractivity contribution >= 4 is 28.0 Å². The molecule has 3 N–H and O–H groups in total. The van der Waals surface area contributed by atoms with Crippen LogP contribution in [0.1, 0.15) is 22.6 Å². The number of ether oxygens (including phenoxy) is 1. The topological polar surface area (TPSA) is 95.9 Å². The maximum absolute atomic E-state index is 12.4. The Kier molecular flexibility index (Phi) is 5.95. The van der Waals surface area contributed by atoms with Crippen LogP contribution in [0.5, 0.6) is 5.75 Å². The second kappa shape index (κ2) is 8.81. The Labute approximate surface area is 187 Å². The number of aliphatic carboxylic acids is 1. The zero-order valence-electron chi connectivity index (χ0n) is 16.4. The summed E-state index contributed by atoms with van der Waals surface area (Å²) in [6.45, 7) is 0.108. The highest BCUT2D eigenvalue weighted by molar-refractivity contribution is 9.10. The van der Waals surface area contributed by atoms with E-state index in [-0.39, 0.29) is 24.7 Å². The number of halogens is 1. The summed E-state index contributed by atoms with van der Waals surface area (Å²) >= 11 is 3.20. The Morgan fingerprint density at radius 2 is 1.61 bits per heavy atom. The fourth-order valence-electron chi connectivity index (χ4n) is 3.90. The van der Waals surface area contributed by atoms with Crippen molar-refractivity contribution in [2.45, 2.75) is 18.4 Å². The first kappa shape index (κ1) is 20.9. The quantitative estimate of drug-likeness (QED) is 0.474. The van der Waals surface area contributed by atoms with E-state index in [1.54, 1.807) is 12.1 Å². The zero-order valence-corrected chi connectivity index (χ0v) is 18.0. The minimum absolute atomic E-state index is 0.0540. The molecular weight excluding hydrogens is 462 g/mol. The molecule has 0 spiro atoms. The fraction of sp³-hybridized carbons (Fsp3) is 0.167. The Morgan fingerprint density at radius 1 is 1.00 bits per heavy atom. The van der Waals surface area contributed by atoms with Gasteiger partial charge in [0.25, 0.3) is 0 Å². The highest BCUT2D eigenvalue weighted by Gasteiger charge is 2.29. The summed E-state index contributed by atoms with van der Waals surface area (Å²) < 4.78 is 5.89. The highest BCUT2D eigenvalue weighted by Crippen LogP contribution is 2.44. The van der Waals surface area contributed by atoms with Crippen molar-refractivity contribution in [1.82, 2.24) is 5.32 Å². The van der Waals surface area contributed by atoms with Gasteiger partial charge in [-0.15, -0.1) is 0 Å². The number of carboxylic acid groups (broad SMARTS) is 1. The molecule has 0 aromatic heterocycles. The highest BCUT2D eigenvalue weighted by atomic mass is 79.9. The number of carboxylic acids is 1. The van der Waals surface area contributed by atoms with Crippen molar-refractivity contribution in [3.8, 4) is 16.9 Å². The van der Waals surface area contributed by atoms with E-state index >= 15 is 0 Å². The van der Waals surface area contributed by atoms with Crippen LogP contribution in [0.15, 0.2) is 71.2 Å². The third-order valence-electron chi connectivity index (χ3n) is 5.39. The molecule has 1 amide bonds. The third kappa shape index (κ3) is 4.41. The molecule has 158 valence electrons. The number of phenols is 1. The van der Waals surface area contributed by atoms with Gasteiger partial charge in [-0.25, -0.2) is 9.59 Å². The number of benzene rings is 3. The van der Waals surface area contributed by atoms with Crippen molar-refractivity contribution in [3.63, 3.8) is 0 Å². The number of phenolic OH excluding ortho intramolecular Hbond substituents is 1. The smallest absolute Gasteiger partial charge is 0.407 e. The van der Waals surface area contributed by atoms with Crippen molar-refractivity contribution in [2.75, 3.05) is 6.61 Å². The summed E-state index contributed by atoms with van der Waals surface area (Å²) in [5.41, 5.74) is 5.05. The van der Waals surface area contributed by atoms with Crippen LogP contribution in [-0.4, -0.2) is 34.9 Å². The van der Waals surface area contributed by atoms with E-state index in [0.717, 1.165) is 22.3 Å². The molecule has 0 heterocycles. The number of nitrogens with one attached hydrogen (secondary N) is 1. The maximum Gasteiger partial charge on any atom is 0.407 e. The van der Waals surface area contributed by atoms with Gasteiger partial charge in [0.1, 0.15) is 18.4 Å². The Morgan fingerprint density at radius 3 is 2.19 bits per heavy atom. The van der Waals surface area contributed by atoms with Crippen LogP contribution in [0.4, 0.5) is 4.79 Å². The summed E-state index contributed by atoms with van der Waals surface area (Å²) in [6, 6.07) is 19.5. The van der Waals surface area contributed by atoms with Crippen LogP contribution in [0.3, 0.4) is 0 Å².